The minimum Gasteiger partial charge on any atom is -0.343 e. The molecule has 1 heterocycles. The molecule has 2 N–H and O–H groups in total. The van der Waals surface area contributed by atoms with Gasteiger partial charge in [0.15, 0.2) is 5.11 Å². The number of rotatable bonds is 5. The average molecular weight is 426 g/mol. The maximum atomic E-state index is 12.8. The van der Waals surface area contributed by atoms with Gasteiger partial charge in [0, 0.05) is 18.3 Å². The lowest BCUT2D eigenvalue weighted by molar-refractivity contribution is -0.917. The van der Waals surface area contributed by atoms with E-state index >= 15 is 0 Å². The third-order valence-electron chi connectivity index (χ3n) is 5.55. The molecule has 0 aliphatic carbocycles. The Hall–Kier alpha value is -2.44. The van der Waals surface area contributed by atoms with Crippen LogP contribution in [-0.2, 0) is 11.3 Å². The van der Waals surface area contributed by atoms with Gasteiger partial charge in [-0.25, -0.2) is 0 Å². The SMILES string of the molecule is Cc1cccc(C[NH+]2CCN(C(=O)CN(C)C(=S)Nc3cc(C)cc(C)c3)CC2)c1. The van der Waals surface area contributed by atoms with Gasteiger partial charge in [-0.3, -0.25) is 4.79 Å². The highest BCUT2D eigenvalue weighted by Crippen LogP contribution is 2.14. The first kappa shape index (κ1) is 22.2. The van der Waals surface area contributed by atoms with Crippen molar-refractivity contribution in [2.24, 2.45) is 0 Å². The van der Waals surface area contributed by atoms with E-state index in [1.54, 1.807) is 0 Å². The molecule has 1 fully saturated rings. The Balaban J connectivity index is 1.46. The van der Waals surface area contributed by atoms with E-state index in [0.717, 1.165) is 38.4 Å². The van der Waals surface area contributed by atoms with Crippen LogP contribution in [0.3, 0.4) is 0 Å². The van der Waals surface area contributed by atoms with Gasteiger partial charge in [0.05, 0.1) is 32.7 Å². The number of anilines is 1. The Labute approximate surface area is 185 Å². The number of thiocarbonyl (C=S) groups is 1. The van der Waals surface area contributed by atoms with Crippen LogP contribution in [0, 0.1) is 20.8 Å². The number of likely N-dealkylation sites (N-methyl/N-ethyl adjacent to an activating group) is 1. The average Bonchev–Trinajstić information content (AvgIpc) is 2.67. The number of nitrogens with zero attached hydrogens (tertiary/aromatic N) is 2. The number of carbonyl (C=O) groups excluding carboxylic acids is 1. The van der Waals surface area contributed by atoms with Gasteiger partial charge < -0.3 is 20.0 Å². The number of hydrogen-bond acceptors (Lipinski definition) is 2. The molecule has 1 aliphatic rings. The number of aryl methyl sites for hydroxylation is 3. The quantitative estimate of drug-likeness (QED) is 0.721. The molecule has 5 nitrogen and oxygen atoms in total. The van der Waals surface area contributed by atoms with Gasteiger partial charge in [0.2, 0.25) is 5.91 Å². The normalized spacial score (nSPS) is 14.5. The fraction of sp³-hybridized carbons (Fsp3) is 0.417. The molecule has 1 saturated heterocycles. The zero-order valence-corrected chi connectivity index (χ0v) is 19.3. The Bertz CT molecular complexity index is 886. The smallest absolute Gasteiger partial charge is 0.242 e. The van der Waals surface area contributed by atoms with Gasteiger partial charge in [0.1, 0.15) is 6.54 Å². The first-order valence-corrected chi connectivity index (χ1v) is 11.0. The number of piperazine rings is 1. The molecule has 0 saturated carbocycles. The summed E-state index contributed by atoms with van der Waals surface area (Å²) in [7, 11) is 1.87. The van der Waals surface area contributed by atoms with Crippen molar-refractivity contribution >= 4 is 28.9 Å². The van der Waals surface area contributed by atoms with Crippen molar-refractivity contribution in [2.75, 3.05) is 45.1 Å². The number of carbonyl (C=O) groups is 1. The summed E-state index contributed by atoms with van der Waals surface area (Å²) in [6.07, 6.45) is 0. The summed E-state index contributed by atoms with van der Waals surface area (Å²) < 4.78 is 0. The molecule has 3 rings (SSSR count). The van der Waals surface area contributed by atoms with Crippen LogP contribution in [0.15, 0.2) is 42.5 Å². The molecule has 0 atom stereocenters. The lowest BCUT2D eigenvalue weighted by Gasteiger charge is -2.33. The van der Waals surface area contributed by atoms with Gasteiger partial charge >= 0.3 is 0 Å². The highest BCUT2D eigenvalue weighted by Gasteiger charge is 2.24. The van der Waals surface area contributed by atoms with Gasteiger partial charge in [0.25, 0.3) is 0 Å². The molecule has 6 heteroatoms. The lowest BCUT2D eigenvalue weighted by Crippen LogP contribution is -3.13. The van der Waals surface area contributed by atoms with Gasteiger partial charge in [-0.2, -0.15) is 0 Å². The summed E-state index contributed by atoms with van der Waals surface area (Å²) in [4.78, 5) is 18.1. The largest absolute Gasteiger partial charge is 0.343 e. The molecule has 0 radical (unpaired) electrons. The van der Waals surface area contributed by atoms with E-state index in [2.05, 4.69) is 68.6 Å². The summed E-state index contributed by atoms with van der Waals surface area (Å²) in [5, 5.41) is 3.82. The maximum Gasteiger partial charge on any atom is 0.242 e. The Kier molecular flexibility index (Phi) is 7.45. The van der Waals surface area contributed by atoms with Crippen LogP contribution in [0.2, 0.25) is 0 Å². The summed E-state index contributed by atoms with van der Waals surface area (Å²) in [5.74, 6) is 0.136. The summed E-state index contributed by atoms with van der Waals surface area (Å²) >= 11 is 5.51. The molecule has 30 heavy (non-hydrogen) atoms. The topological polar surface area (TPSA) is 40.0 Å². The van der Waals surface area contributed by atoms with E-state index in [4.69, 9.17) is 12.2 Å². The highest BCUT2D eigenvalue weighted by molar-refractivity contribution is 7.80. The van der Waals surface area contributed by atoms with Crippen LogP contribution in [0.5, 0.6) is 0 Å². The Morgan fingerprint density at radius 1 is 1.07 bits per heavy atom. The minimum absolute atomic E-state index is 0.136. The van der Waals surface area contributed by atoms with Crippen molar-refractivity contribution < 1.29 is 9.69 Å². The third-order valence-corrected chi connectivity index (χ3v) is 5.97. The van der Waals surface area contributed by atoms with Crippen molar-refractivity contribution in [2.45, 2.75) is 27.3 Å². The highest BCUT2D eigenvalue weighted by atomic mass is 32.1. The maximum absolute atomic E-state index is 12.8. The molecular formula is C24H33N4OS+. The second kappa shape index (κ2) is 10.0. The second-order valence-electron chi connectivity index (χ2n) is 8.46. The Morgan fingerprint density at radius 2 is 1.73 bits per heavy atom. The van der Waals surface area contributed by atoms with Crippen LogP contribution in [0.1, 0.15) is 22.3 Å². The Morgan fingerprint density at radius 3 is 2.37 bits per heavy atom. The van der Waals surface area contributed by atoms with Crippen LogP contribution in [0.25, 0.3) is 0 Å². The molecule has 1 aliphatic heterocycles. The molecule has 0 spiro atoms. The third kappa shape index (κ3) is 6.28. The van der Waals surface area contributed by atoms with E-state index in [0.29, 0.717) is 11.7 Å². The summed E-state index contributed by atoms with van der Waals surface area (Å²) in [6, 6.07) is 14.9. The van der Waals surface area contributed by atoms with Crippen LogP contribution in [-0.4, -0.2) is 60.6 Å². The zero-order valence-electron chi connectivity index (χ0n) is 18.5. The minimum atomic E-state index is 0.136. The van der Waals surface area contributed by atoms with Gasteiger partial charge in [-0.15, -0.1) is 0 Å². The summed E-state index contributed by atoms with van der Waals surface area (Å²) in [5.41, 5.74) is 6.00. The molecular weight excluding hydrogens is 392 g/mol. The standard InChI is InChI=1S/C24H32N4OS/c1-18-6-5-7-21(13-18)16-27-8-10-28(11-9-27)23(29)17-26(4)24(30)25-22-14-19(2)12-20(3)15-22/h5-7,12-15H,8-11,16-17H2,1-4H3,(H,25,30)/p+1. The fourth-order valence-electron chi connectivity index (χ4n) is 4.00. The molecule has 2 aromatic rings. The molecule has 0 unspecified atom stereocenters. The van der Waals surface area contributed by atoms with E-state index in [1.165, 1.54) is 27.2 Å². The van der Waals surface area contributed by atoms with E-state index in [9.17, 15) is 4.79 Å². The molecule has 0 aromatic heterocycles. The fourth-order valence-corrected chi connectivity index (χ4v) is 4.18. The van der Waals surface area contributed by atoms with Crippen LogP contribution >= 0.6 is 12.2 Å². The monoisotopic (exact) mass is 425 g/mol. The predicted octanol–water partition coefficient (Wildman–Crippen LogP) is 2.17. The number of nitrogens with one attached hydrogen (secondary N) is 2. The van der Waals surface area contributed by atoms with Crippen molar-refractivity contribution in [1.29, 1.82) is 0 Å². The number of benzene rings is 2. The molecule has 160 valence electrons. The van der Waals surface area contributed by atoms with Crippen molar-refractivity contribution in [3.63, 3.8) is 0 Å². The van der Waals surface area contributed by atoms with E-state index < -0.39 is 0 Å². The van der Waals surface area contributed by atoms with E-state index in [-0.39, 0.29) is 5.91 Å². The van der Waals surface area contributed by atoms with Crippen LogP contribution in [0.4, 0.5) is 5.69 Å². The molecule has 1 amide bonds. The van der Waals surface area contributed by atoms with Crippen molar-refractivity contribution in [3.05, 3.63) is 64.7 Å². The first-order valence-electron chi connectivity index (χ1n) is 10.6. The zero-order chi connectivity index (χ0) is 21.7. The van der Waals surface area contributed by atoms with Crippen molar-refractivity contribution in [3.8, 4) is 0 Å². The van der Waals surface area contributed by atoms with E-state index in [1.807, 2.05) is 16.8 Å². The van der Waals surface area contributed by atoms with Gasteiger partial charge in [-0.05, 0) is 56.2 Å². The van der Waals surface area contributed by atoms with Gasteiger partial charge in [-0.1, -0.05) is 35.9 Å². The van der Waals surface area contributed by atoms with Crippen LogP contribution < -0.4 is 10.2 Å². The van der Waals surface area contributed by atoms with Crippen molar-refractivity contribution in [1.82, 2.24) is 9.80 Å². The molecule has 2 aromatic carbocycles. The molecule has 0 bridgehead atoms. The number of amides is 1. The summed E-state index contributed by atoms with van der Waals surface area (Å²) in [6.45, 7) is 11.1. The predicted molar refractivity (Wildman–Crippen MR) is 127 cm³/mol. The lowest BCUT2D eigenvalue weighted by atomic mass is 10.1. The second-order valence-corrected chi connectivity index (χ2v) is 8.85. The first-order chi connectivity index (χ1) is 14.3. The number of quaternary nitrogens is 1. The number of hydrogen-bond donors (Lipinski definition) is 2.